The van der Waals surface area contributed by atoms with Gasteiger partial charge in [-0.15, -0.1) is 0 Å². The maximum atomic E-state index is 5.13. The van der Waals surface area contributed by atoms with Crippen LogP contribution in [-0.2, 0) is 0 Å². The third-order valence-corrected chi connectivity index (χ3v) is 1.42. The average molecular weight is 209 g/mol. The molecule has 4 N–H and O–H groups in total. The fraction of sp³-hybridized carbons (Fsp3) is 0.417. The highest BCUT2D eigenvalue weighted by molar-refractivity contribution is 4.99. The second-order valence-corrected chi connectivity index (χ2v) is 2.69. The average Bonchev–Trinajstić information content (AvgIpc) is 2.32. The molecule has 1 aromatic rings. The summed E-state index contributed by atoms with van der Waals surface area (Å²) in [5.41, 5.74) is 12.3. The minimum Gasteiger partial charge on any atom is -0.405 e. The monoisotopic (exact) mass is 209 g/mol. The number of hydrogen-bond donors (Lipinski definition) is 2. The molecule has 3 heteroatoms. The molecule has 0 aromatic carbocycles. The number of hydrogen-bond acceptors (Lipinski definition) is 3. The van der Waals surface area contributed by atoms with Gasteiger partial charge >= 0.3 is 0 Å². The fourth-order valence-corrected chi connectivity index (χ4v) is 0.516. The zero-order valence-electron chi connectivity index (χ0n) is 10.2. The Morgan fingerprint density at radius 3 is 2.13 bits per heavy atom. The molecule has 15 heavy (non-hydrogen) atoms. The first-order valence-corrected chi connectivity index (χ1v) is 5.15. The normalized spacial score (nSPS) is 9.27. The van der Waals surface area contributed by atoms with E-state index in [0.717, 1.165) is 11.3 Å². The highest BCUT2D eigenvalue weighted by Crippen LogP contribution is 1.86. The van der Waals surface area contributed by atoms with Crippen molar-refractivity contribution >= 4 is 0 Å². The van der Waals surface area contributed by atoms with E-state index in [0.29, 0.717) is 6.54 Å². The van der Waals surface area contributed by atoms with Crippen molar-refractivity contribution in [1.82, 2.24) is 4.98 Å². The predicted octanol–water partition coefficient (Wildman–Crippen LogP) is 2.22. The molecule has 0 fully saturated rings. The molecule has 0 bridgehead atoms. The molecule has 0 amide bonds. The second kappa shape index (κ2) is 12.7. The van der Waals surface area contributed by atoms with E-state index in [-0.39, 0.29) is 0 Å². The van der Waals surface area contributed by atoms with Gasteiger partial charge in [0.15, 0.2) is 0 Å². The predicted molar refractivity (Wildman–Crippen MR) is 67.3 cm³/mol. The third-order valence-electron chi connectivity index (χ3n) is 1.42. The highest BCUT2D eigenvalue weighted by atomic mass is 14.6. The summed E-state index contributed by atoms with van der Waals surface area (Å²) in [7, 11) is 0. The molecule has 1 rings (SSSR count). The van der Waals surface area contributed by atoms with Crippen molar-refractivity contribution in [3.63, 3.8) is 0 Å². The first-order chi connectivity index (χ1) is 7.20. The molecular weight excluding hydrogens is 186 g/mol. The molecule has 0 saturated carbocycles. The summed E-state index contributed by atoms with van der Waals surface area (Å²) in [5, 5.41) is 0. The van der Waals surface area contributed by atoms with E-state index in [2.05, 4.69) is 4.98 Å². The van der Waals surface area contributed by atoms with Crippen molar-refractivity contribution in [2.24, 2.45) is 11.5 Å². The Labute approximate surface area is 93.2 Å². The smallest absolute Gasteiger partial charge is 0.0372 e. The Kier molecular flexibility index (Phi) is 13.6. The van der Waals surface area contributed by atoms with Gasteiger partial charge in [-0.05, 0) is 37.8 Å². The second-order valence-electron chi connectivity index (χ2n) is 2.69. The Bertz CT molecular complexity index is 242. The molecule has 0 saturated heterocycles. The quantitative estimate of drug-likeness (QED) is 0.745. The van der Waals surface area contributed by atoms with Gasteiger partial charge in [0.05, 0.1) is 0 Å². The topological polar surface area (TPSA) is 64.9 Å². The Morgan fingerprint density at radius 2 is 2.00 bits per heavy atom. The van der Waals surface area contributed by atoms with Crippen LogP contribution >= 0.6 is 0 Å². The van der Waals surface area contributed by atoms with Crippen LogP contribution in [0, 0.1) is 6.92 Å². The van der Waals surface area contributed by atoms with Gasteiger partial charge < -0.3 is 11.5 Å². The lowest BCUT2D eigenvalue weighted by atomic mass is 10.3. The van der Waals surface area contributed by atoms with Gasteiger partial charge in [-0.25, -0.2) is 0 Å². The summed E-state index contributed by atoms with van der Waals surface area (Å²) < 4.78 is 0. The van der Waals surface area contributed by atoms with Crippen LogP contribution in [0.25, 0.3) is 0 Å². The number of nitrogens with zero attached hydrogens (tertiary/aromatic N) is 1. The van der Waals surface area contributed by atoms with Crippen molar-refractivity contribution in [2.45, 2.75) is 27.7 Å². The summed E-state index contributed by atoms with van der Waals surface area (Å²) in [4.78, 5) is 3.98. The summed E-state index contributed by atoms with van der Waals surface area (Å²) in [6.45, 7) is 8.43. The molecular formula is C12H23N3. The van der Waals surface area contributed by atoms with Crippen LogP contribution in [0.4, 0.5) is 0 Å². The SMILES string of the molecule is C/C(=C/N)CN.CC.Cc1ccccn1. The van der Waals surface area contributed by atoms with Gasteiger partial charge in [0, 0.05) is 18.4 Å². The van der Waals surface area contributed by atoms with E-state index in [9.17, 15) is 0 Å². The van der Waals surface area contributed by atoms with Gasteiger partial charge in [0.25, 0.3) is 0 Å². The summed E-state index contributed by atoms with van der Waals surface area (Å²) >= 11 is 0. The fourth-order valence-electron chi connectivity index (χ4n) is 0.516. The first-order valence-electron chi connectivity index (χ1n) is 5.15. The number of aromatic nitrogens is 1. The Hall–Kier alpha value is -1.35. The van der Waals surface area contributed by atoms with Gasteiger partial charge in [0.2, 0.25) is 0 Å². The summed E-state index contributed by atoms with van der Waals surface area (Å²) in [6, 6.07) is 5.86. The lowest BCUT2D eigenvalue weighted by Crippen LogP contribution is -2.01. The molecule has 0 radical (unpaired) electrons. The molecule has 0 unspecified atom stereocenters. The van der Waals surface area contributed by atoms with Crippen LogP contribution in [0.5, 0.6) is 0 Å². The molecule has 3 nitrogen and oxygen atoms in total. The molecule has 86 valence electrons. The van der Waals surface area contributed by atoms with Crippen molar-refractivity contribution in [3.05, 3.63) is 41.9 Å². The molecule has 0 aliphatic rings. The molecule has 1 heterocycles. The lowest BCUT2D eigenvalue weighted by Gasteiger charge is -1.85. The minimum atomic E-state index is 0.566. The van der Waals surface area contributed by atoms with E-state index in [1.165, 1.54) is 6.20 Å². The van der Waals surface area contributed by atoms with Crippen LogP contribution in [0.1, 0.15) is 26.5 Å². The van der Waals surface area contributed by atoms with Crippen LogP contribution in [0.15, 0.2) is 36.2 Å². The van der Waals surface area contributed by atoms with Gasteiger partial charge in [0.1, 0.15) is 0 Å². The zero-order chi connectivity index (χ0) is 12.1. The number of pyridine rings is 1. The van der Waals surface area contributed by atoms with Crippen molar-refractivity contribution in [2.75, 3.05) is 6.54 Å². The zero-order valence-corrected chi connectivity index (χ0v) is 10.2. The maximum absolute atomic E-state index is 5.13. The third kappa shape index (κ3) is 12.6. The largest absolute Gasteiger partial charge is 0.405 e. The van der Waals surface area contributed by atoms with Crippen molar-refractivity contribution < 1.29 is 0 Å². The van der Waals surface area contributed by atoms with Gasteiger partial charge in [-0.3, -0.25) is 4.98 Å². The standard InChI is InChI=1S/C6H7N.C4H10N2.C2H6/c1-6-4-2-3-5-7-6;1-4(2-5)3-6;1-2/h2-5H,1H3;2H,3,5-6H2,1H3;1-2H3/b;4-2-;. The Morgan fingerprint density at radius 1 is 1.40 bits per heavy atom. The summed E-state index contributed by atoms with van der Waals surface area (Å²) in [6.07, 6.45) is 3.30. The van der Waals surface area contributed by atoms with Crippen LogP contribution in [0.2, 0.25) is 0 Å². The van der Waals surface area contributed by atoms with Crippen LogP contribution < -0.4 is 11.5 Å². The molecule has 0 aliphatic carbocycles. The first kappa shape index (κ1) is 16.1. The number of rotatable bonds is 1. The van der Waals surface area contributed by atoms with Crippen molar-refractivity contribution in [3.8, 4) is 0 Å². The molecule has 0 atom stereocenters. The molecule has 0 spiro atoms. The highest BCUT2D eigenvalue weighted by Gasteiger charge is 1.74. The number of aryl methyl sites for hydroxylation is 1. The van der Waals surface area contributed by atoms with E-state index in [1.54, 1.807) is 6.20 Å². The van der Waals surface area contributed by atoms with Gasteiger partial charge in [-0.1, -0.05) is 19.9 Å². The summed E-state index contributed by atoms with van der Waals surface area (Å²) in [5.74, 6) is 0. The molecule has 0 aliphatic heterocycles. The van der Waals surface area contributed by atoms with Crippen LogP contribution in [0.3, 0.4) is 0 Å². The van der Waals surface area contributed by atoms with E-state index in [4.69, 9.17) is 11.5 Å². The lowest BCUT2D eigenvalue weighted by molar-refractivity contribution is 1.12. The minimum absolute atomic E-state index is 0.566. The van der Waals surface area contributed by atoms with E-state index >= 15 is 0 Å². The number of nitrogens with two attached hydrogens (primary N) is 2. The van der Waals surface area contributed by atoms with E-state index in [1.807, 2.05) is 45.9 Å². The van der Waals surface area contributed by atoms with Gasteiger partial charge in [-0.2, -0.15) is 0 Å². The molecule has 1 aromatic heterocycles. The Balaban J connectivity index is 0. The van der Waals surface area contributed by atoms with Crippen molar-refractivity contribution in [1.29, 1.82) is 0 Å². The van der Waals surface area contributed by atoms with Crippen LogP contribution in [-0.4, -0.2) is 11.5 Å². The van der Waals surface area contributed by atoms with E-state index < -0.39 is 0 Å². The maximum Gasteiger partial charge on any atom is 0.0372 e.